The van der Waals surface area contributed by atoms with E-state index in [-0.39, 0.29) is 33.8 Å². The fourth-order valence-corrected chi connectivity index (χ4v) is 6.44. The van der Waals surface area contributed by atoms with E-state index >= 15 is 0 Å². The van der Waals surface area contributed by atoms with Gasteiger partial charge in [-0.05, 0) is 120 Å². The van der Waals surface area contributed by atoms with Crippen molar-refractivity contribution in [3.05, 3.63) is 52.7 Å². The van der Waals surface area contributed by atoms with Crippen LogP contribution in [-0.2, 0) is 19.2 Å². The molecule has 10 nitrogen and oxygen atoms in total. The van der Waals surface area contributed by atoms with Crippen molar-refractivity contribution in [2.45, 2.75) is 186 Å². The fourth-order valence-electron chi connectivity index (χ4n) is 6.44. The molecule has 0 aliphatic carbocycles. The van der Waals surface area contributed by atoms with Crippen LogP contribution in [0.5, 0.6) is 23.0 Å². The van der Waals surface area contributed by atoms with Gasteiger partial charge in [-0.25, -0.2) is 0 Å². The van der Waals surface area contributed by atoms with Crippen LogP contribution in [0.2, 0.25) is 0 Å². The zero-order valence-electron chi connectivity index (χ0n) is 40.8. The molecule has 0 N–H and O–H groups in total. The summed E-state index contributed by atoms with van der Waals surface area (Å²) in [7, 11) is 0. The topological polar surface area (TPSA) is 127 Å². The van der Waals surface area contributed by atoms with Crippen LogP contribution in [0.15, 0.2) is 47.3 Å². The normalized spacial score (nSPS) is 12.5. The minimum Gasteiger partial charge on any atom is -0.426 e. The minimum absolute atomic E-state index is 0.0412. The SMILES string of the molecule is CCCCCCCCCCCCCCCCC=Cn1c(-c2ccc(OC(=O)C(C)(C)C)cc2)c(OC(=O)C(C)(C)C)c(=O)c2c(OC(=O)C(C)(C)C)cc(OC(=O)C(C)(C)C)cc21. The number of benzene rings is 2. The maximum Gasteiger partial charge on any atom is 0.316 e. The summed E-state index contributed by atoms with van der Waals surface area (Å²) in [5.41, 5.74) is -3.34. The Hall–Kier alpha value is -4.73. The number of pyridine rings is 1. The van der Waals surface area contributed by atoms with E-state index in [2.05, 4.69) is 6.92 Å². The molecule has 0 aliphatic heterocycles. The Labute approximate surface area is 377 Å². The van der Waals surface area contributed by atoms with Gasteiger partial charge in [0.1, 0.15) is 22.9 Å². The monoisotopic (exact) mass is 872 g/mol. The highest BCUT2D eigenvalue weighted by molar-refractivity contribution is 5.97. The first-order chi connectivity index (χ1) is 29.4. The number of allylic oxidation sites excluding steroid dienone is 1. The largest absolute Gasteiger partial charge is 0.426 e. The molecule has 0 saturated heterocycles. The van der Waals surface area contributed by atoms with Gasteiger partial charge in [-0.3, -0.25) is 24.0 Å². The number of hydrogen-bond acceptors (Lipinski definition) is 9. The van der Waals surface area contributed by atoms with E-state index in [0.717, 1.165) is 19.3 Å². The lowest BCUT2D eigenvalue weighted by Crippen LogP contribution is -2.29. The Bertz CT molecular complexity index is 2100. The second kappa shape index (κ2) is 23.3. The van der Waals surface area contributed by atoms with Crippen LogP contribution in [0.1, 0.15) is 186 Å². The summed E-state index contributed by atoms with van der Waals surface area (Å²) in [6.45, 7) is 22.9. The summed E-state index contributed by atoms with van der Waals surface area (Å²) < 4.78 is 25.3. The molecule has 10 heteroatoms. The molecule has 0 radical (unpaired) electrons. The summed E-state index contributed by atoms with van der Waals surface area (Å²) >= 11 is 0. The van der Waals surface area contributed by atoms with Crippen molar-refractivity contribution in [3.8, 4) is 34.3 Å². The number of hydrogen-bond donors (Lipinski definition) is 0. The summed E-state index contributed by atoms with van der Waals surface area (Å²) in [6, 6.07) is 9.51. The van der Waals surface area contributed by atoms with Crippen molar-refractivity contribution in [1.29, 1.82) is 0 Å². The van der Waals surface area contributed by atoms with E-state index in [1.54, 1.807) is 118 Å². The van der Waals surface area contributed by atoms with E-state index < -0.39 is 51.0 Å². The zero-order valence-corrected chi connectivity index (χ0v) is 40.8. The molecule has 0 bridgehead atoms. The molecular formula is C53H77NO9. The van der Waals surface area contributed by atoms with Crippen molar-refractivity contribution >= 4 is 41.0 Å². The van der Waals surface area contributed by atoms with Crippen LogP contribution in [0.25, 0.3) is 28.4 Å². The van der Waals surface area contributed by atoms with Crippen molar-refractivity contribution < 1.29 is 38.1 Å². The van der Waals surface area contributed by atoms with E-state index in [0.29, 0.717) is 17.7 Å². The highest BCUT2D eigenvalue weighted by atomic mass is 16.6. The van der Waals surface area contributed by atoms with E-state index in [9.17, 15) is 24.0 Å². The Balaban J connectivity index is 2.16. The molecule has 1 aromatic heterocycles. The van der Waals surface area contributed by atoms with Gasteiger partial charge in [0.2, 0.25) is 11.2 Å². The van der Waals surface area contributed by atoms with Crippen molar-refractivity contribution in [3.63, 3.8) is 0 Å². The lowest BCUT2D eigenvalue weighted by Gasteiger charge is -2.24. The van der Waals surface area contributed by atoms with Crippen LogP contribution in [0.4, 0.5) is 0 Å². The van der Waals surface area contributed by atoms with E-state index in [4.69, 9.17) is 18.9 Å². The molecule has 2 aromatic carbocycles. The molecule has 0 atom stereocenters. The zero-order chi connectivity index (χ0) is 47.2. The molecule has 0 spiro atoms. The van der Waals surface area contributed by atoms with Crippen LogP contribution in [0, 0.1) is 21.7 Å². The number of aromatic nitrogens is 1. The Kier molecular flexibility index (Phi) is 19.4. The van der Waals surface area contributed by atoms with Gasteiger partial charge in [-0.1, -0.05) is 96.5 Å². The van der Waals surface area contributed by atoms with Crippen LogP contribution in [0.3, 0.4) is 0 Å². The standard InChI is InChI=1S/C53H77NO9/c1-14-15-16-17-18-19-20-21-22-23-24-25-26-27-28-29-34-54-40-35-39(61-47(57)51(5,6)7)36-41(62-48(58)52(8,9)10)42(40)44(55)45(63-49(59)53(11,12)13)43(54)37-30-32-38(33-31-37)60-46(56)50(2,3)4/h29-36H,14-28H2,1-13H3. The minimum atomic E-state index is -0.995. The predicted octanol–water partition coefficient (Wildman–Crippen LogP) is 13.8. The van der Waals surface area contributed by atoms with Gasteiger partial charge in [0.05, 0.1) is 32.6 Å². The molecule has 0 unspecified atom stereocenters. The maximum atomic E-state index is 14.9. The number of carbonyl (C=O) groups excluding carboxylic acids is 4. The second-order valence-corrected chi connectivity index (χ2v) is 21.0. The second-order valence-electron chi connectivity index (χ2n) is 21.0. The van der Waals surface area contributed by atoms with Gasteiger partial charge in [0.25, 0.3) is 0 Å². The Morgan fingerprint density at radius 3 is 1.40 bits per heavy atom. The highest BCUT2D eigenvalue weighted by Crippen LogP contribution is 2.40. The highest BCUT2D eigenvalue weighted by Gasteiger charge is 2.32. The molecule has 348 valence electrons. The summed E-state index contributed by atoms with van der Waals surface area (Å²) in [5, 5.41) is -0.0412. The molecule has 0 amide bonds. The van der Waals surface area contributed by atoms with Gasteiger partial charge in [-0.2, -0.15) is 0 Å². The molecular weight excluding hydrogens is 795 g/mol. The fraction of sp³-hybridized carbons (Fsp3) is 0.604. The van der Waals surface area contributed by atoms with Crippen molar-refractivity contribution in [2.24, 2.45) is 21.7 Å². The van der Waals surface area contributed by atoms with Crippen LogP contribution < -0.4 is 24.4 Å². The maximum absolute atomic E-state index is 14.9. The molecule has 0 saturated carbocycles. The van der Waals surface area contributed by atoms with Gasteiger partial charge in [0, 0.05) is 23.9 Å². The summed E-state index contributed by atoms with van der Waals surface area (Å²) in [6.07, 6.45) is 22.1. The molecule has 3 rings (SSSR count). The number of carbonyl (C=O) groups is 4. The first-order valence-corrected chi connectivity index (χ1v) is 23.3. The number of rotatable bonds is 21. The third-order valence-electron chi connectivity index (χ3n) is 10.6. The van der Waals surface area contributed by atoms with Crippen LogP contribution in [-0.4, -0.2) is 28.4 Å². The third kappa shape index (κ3) is 16.4. The Morgan fingerprint density at radius 1 is 0.524 bits per heavy atom. The number of esters is 4. The van der Waals surface area contributed by atoms with Gasteiger partial charge in [0.15, 0.2) is 0 Å². The quantitative estimate of drug-likeness (QED) is 0.0584. The number of ether oxygens (including phenoxy) is 4. The van der Waals surface area contributed by atoms with E-state index in [1.165, 1.54) is 76.7 Å². The molecule has 0 fully saturated rings. The van der Waals surface area contributed by atoms with Crippen molar-refractivity contribution in [2.75, 3.05) is 0 Å². The predicted molar refractivity (Wildman–Crippen MR) is 254 cm³/mol. The summed E-state index contributed by atoms with van der Waals surface area (Å²) in [5.74, 6) is -2.31. The lowest BCUT2D eigenvalue weighted by atomic mass is 9.97. The summed E-state index contributed by atoms with van der Waals surface area (Å²) in [4.78, 5) is 68.1. The lowest BCUT2D eigenvalue weighted by molar-refractivity contribution is -0.144. The molecule has 3 aromatic rings. The molecule has 1 heterocycles. The molecule has 0 aliphatic rings. The number of unbranched alkanes of at least 4 members (excludes halogenated alkanes) is 14. The Morgan fingerprint density at radius 2 is 0.937 bits per heavy atom. The average molecular weight is 872 g/mol. The van der Waals surface area contributed by atoms with Gasteiger partial charge < -0.3 is 23.5 Å². The van der Waals surface area contributed by atoms with Gasteiger partial charge in [-0.15, -0.1) is 0 Å². The number of fused-ring (bicyclic) bond motifs is 1. The first kappa shape index (κ1) is 52.6. The third-order valence-corrected chi connectivity index (χ3v) is 10.6. The number of nitrogens with zero attached hydrogens (tertiary/aromatic N) is 1. The first-order valence-electron chi connectivity index (χ1n) is 23.3. The van der Waals surface area contributed by atoms with Crippen LogP contribution >= 0.6 is 0 Å². The van der Waals surface area contributed by atoms with Gasteiger partial charge >= 0.3 is 23.9 Å². The smallest absolute Gasteiger partial charge is 0.316 e. The molecule has 63 heavy (non-hydrogen) atoms. The average Bonchev–Trinajstić information content (AvgIpc) is 3.17. The van der Waals surface area contributed by atoms with Crippen molar-refractivity contribution in [1.82, 2.24) is 4.57 Å². The van der Waals surface area contributed by atoms with E-state index in [1.807, 2.05) is 12.3 Å².